The van der Waals surface area contributed by atoms with E-state index < -0.39 is 11.6 Å². The normalized spacial score (nSPS) is 11.3. The number of halogens is 1. The third-order valence-corrected chi connectivity index (χ3v) is 3.77. The first-order valence-electron chi connectivity index (χ1n) is 6.77. The standard InChI is InChI=1S/C18H11FO3/c19-13-6-7-14(20)17(18(13)21)10-5-8-16-12(9-10)11-3-1-2-4-15(11)22-16/h1-9,20-21H. The number of benzene rings is 3. The van der Waals surface area contributed by atoms with Crippen molar-refractivity contribution < 1.29 is 19.0 Å². The van der Waals surface area contributed by atoms with Crippen LogP contribution in [0.1, 0.15) is 0 Å². The predicted molar refractivity (Wildman–Crippen MR) is 82.4 cm³/mol. The second-order valence-corrected chi connectivity index (χ2v) is 5.10. The van der Waals surface area contributed by atoms with Crippen molar-refractivity contribution >= 4 is 21.9 Å². The fraction of sp³-hybridized carbons (Fsp3) is 0. The van der Waals surface area contributed by atoms with Gasteiger partial charge in [-0.3, -0.25) is 0 Å². The third-order valence-electron chi connectivity index (χ3n) is 3.77. The number of hydrogen-bond donors (Lipinski definition) is 2. The number of aromatic hydroxyl groups is 2. The molecule has 0 aliphatic heterocycles. The summed E-state index contributed by atoms with van der Waals surface area (Å²) in [5.74, 6) is -1.51. The highest BCUT2D eigenvalue weighted by atomic mass is 19.1. The van der Waals surface area contributed by atoms with E-state index in [4.69, 9.17) is 4.42 Å². The highest BCUT2D eigenvalue weighted by Gasteiger charge is 2.16. The van der Waals surface area contributed by atoms with Crippen LogP contribution >= 0.6 is 0 Å². The molecule has 0 aliphatic carbocycles. The molecule has 1 aromatic heterocycles. The Bertz CT molecular complexity index is 1020. The lowest BCUT2D eigenvalue weighted by atomic mass is 10.0. The van der Waals surface area contributed by atoms with Gasteiger partial charge in [0.2, 0.25) is 0 Å². The summed E-state index contributed by atoms with van der Waals surface area (Å²) in [6.45, 7) is 0. The second-order valence-electron chi connectivity index (χ2n) is 5.10. The van der Waals surface area contributed by atoms with Gasteiger partial charge in [0.1, 0.15) is 16.9 Å². The molecule has 4 aromatic rings. The summed E-state index contributed by atoms with van der Waals surface area (Å²) in [4.78, 5) is 0. The molecule has 0 bridgehead atoms. The summed E-state index contributed by atoms with van der Waals surface area (Å²) in [7, 11) is 0. The van der Waals surface area contributed by atoms with Crippen molar-refractivity contribution in [3.05, 3.63) is 60.4 Å². The van der Waals surface area contributed by atoms with Crippen molar-refractivity contribution in [1.29, 1.82) is 0 Å². The lowest BCUT2D eigenvalue weighted by Crippen LogP contribution is -1.84. The first kappa shape index (κ1) is 12.7. The molecule has 22 heavy (non-hydrogen) atoms. The van der Waals surface area contributed by atoms with Gasteiger partial charge < -0.3 is 14.6 Å². The van der Waals surface area contributed by atoms with Gasteiger partial charge in [-0.2, -0.15) is 0 Å². The summed E-state index contributed by atoms with van der Waals surface area (Å²) >= 11 is 0. The van der Waals surface area contributed by atoms with Crippen molar-refractivity contribution in [2.45, 2.75) is 0 Å². The molecule has 0 fully saturated rings. The molecule has 3 nitrogen and oxygen atoms in total. The number of furan rings is 1. The monoisotopic (exact) mass is 294 g/mol. The van der Waals surface area contributed by atoms with Crippen LogP contribution in [0.4, 0.5) is 4.39 Å². The number of fused-ring (bicyclic) bond motifs is 3. The van der Waals surface area contributed by atoms with Crippen molar-refractivity contribution in [2.75, 3.05) is 0 Å². The Balaban J connectivity index is 2.05. The first-order chi connectivity index (χ1) is 10.6. The number of hydrogen-bond acceptors (Lipinski definition) is 3. The average Bonchev–Trinajstić information content (AvgIpc) is 2.89. The van der Waals surface area contributed by atoms with E-state index in [1.165, 1.54) is 6.07 Å². The van der Waals surface area contributed by atoms with Crippen molar-refractivity contribution in [3.8, 4) is 22.6 Å². The molecule has 0 amide bonds. The van der Waals surface area contributed by atoms with E-state index in [0.717, 1.165) is 22.4 Å². The second kappa shape index (κ2) is 4.49. The maximum atomic E-state index is 13.6. The Labute approximate surface area is 124 Å². The van der Waals surface area contributed by atoms with Gasteiger partial charge in [-0.05, 0) is 35.9 Å². The Morgan fingerprint density at radius 2 is 1.59 bits per heavy atom. The maximum absolute atomic E-state index is 13.6. The lowest BCUT2D eigenvalue weighted by Gasteiger charge is -2.08. The minimum Gasteiger partial charge on any atom is -0.507 e. The zero-order chi connectivity index (χ0) is 15.3. The maximum Gasteiger partial charge on any atom is 0.165 e. The van der Waals surface area contributed by atoms with E-state index in [-0.39, 0.29) is 11.3 Å². The molecule has 0 radical (unpaired) electrons. The van der Waals surface area contributed by atoms with Crippen LogP contribution in [0, 0.1) is 5.82 Å². The molecule has 1 heterocycles. The molecular formula is C18H11FO3. The number of rotatable bonds is 1. The van der Waals surface area contributed by atoms with Gasteiger partial charge in [-0.25, -0.2) is 4.39 Å². The van der Waals surface area contributed by atoms with Crippen LogP contribution in [0.25, 0.3) is 33.1 Å². The summed E-state index contributed by atoms with van der Waals surface area (Å²) in [6.07, 6.45) is 0. The van der Waals surface area contributed by atoms with E-state index in [1.54, 1.807) is 18.2 Å². The van der Waals surface area contributed by atoms with Crippen LogP contribution in [-0.4, -0.2) is 10.2 Å². The van der Waals surface area contributed by atoms with Crippen LogP contribution in [0.15, 0.2) is 59.0 Å². The minimum atomic E-state index is -0.773. The minimum absolute atomic E-state index is 0.0761. The van der Waals surface area contributed by atoms with Gasteiger partial charge in [0.25, 0.3) is 0 Å². The van der Waals surface area contributed by atoms with E-state index in [9.17, 15) is 14.6 Å². The Morgan fingerprint density at radius 3 is 2.45 bits per heavy atom. The van der Waals surface area contributed by atoms with E-state index >= 15 is 0 Å². The lowest BCUT2D eigenvalue weighted by molar-refractivity contribution is 0.422. The molecule has 0 unspecified atom stereocenters. The molecule has 0 spiro atoms. The van der Waals surface area contributed by atoms with Crippen molar-refractivity contribution in [1.82, 2.24) is 0 Å². The summed E-state index contributed by atoms with van der Waals surface area (Å²) in [5.41, 5.74) is 2.04. The predicted octanol–water partition coefficient (Wildman–Crippen LogP) is 4.80. The highest BCUT2D eigenvalue weighted by molar-refractivity contribution is 6.06. The molecule has 4 rings (SSSR count). The SMILES string of the molecule is Oc1ccc(F)c(O)c1-c1ccc2oc3ccccc3c2c1. The van der Waals surface area contributed by atoms with Crippen molar-refractivity contribution in [2.24, 2.45) is 0 Å². The summed E-state index contributed by atoms with van der Waals surface area (Å²) < 4.78 is 19.3. The zero-order valence-corrected chi connectivity index (χ0v) is 11.4. The zero-order valence-electron chi connectivity index (χ0n) is 11.4. The Hall–Kier alpha value is -3.01. The van der Waals surface area contributed by atoms with Gasteiger partial charge in [-0.15, -0.1) is 0 Å². The highest BCUT2D eigenvalue weighted by Crippen LogP contribution is 2.41. The van der Waals surface area contributed by atoms with E-state index in [1.807, 2.05) is 24.3 Å². The molecule has 3 aromatic carbocycles. The third kappa shape index (κ3) is 1.74. The number of phenolic OH excluding ortho intramolecular Hbond substituents is 2. The van der Waals surface area contributed by atoms with Crippen LogP contribution in [0.3, 0.4) is 0 Å². The quantitative estimate of drug-likeness (QED) is 0.530. The Morgan fingerprint density at radius 1 is 0.818 bits per heavy atom. The van der Waals surface area contributed by atoms with Gasteiger partial charge in [0.05, 0.1) is 5.56 Å². The fourth-order valence-electron chi connectivity index (χ4n) is 2.72. The van der Waals surface area contributed by atoms with E-state index in [0.29, 0.717) is 11.1 Å². The van der Waals surface area contributed by atoms with Gasteiger partial charge >= 0.3 is 0 Å². The summed E-state index contributed by atoms with van der Waals surface area (Å²) in [5, 5.41) is 21.6. The van der Waals surface area contributed by atoms with E-state index in [2.05, 4.69) is 0 Å². The Kier molecular flexibility index (Phi) is 2.60. The fourth-order valence-corrected chi connectivity index (χ4v) is 2.72. The van der Waals surface area contributed by atoms with Crippen molar-refractivity contribution in [3.63, 3.8) is 0 Å². The van der Waals surface area contributed by atoms with Gasteiger partial charge in [0.15, 0.2) is 11.6 Å². The van der Waals surface area contributed by atoms with Crippen LogP contribution in [0.2, 0.25) is 0 Å². The molecular weight excluding hydrogens is 283 g/mol. The molecule has 2 N–H and O–H groups in total. The first-order valence-corrected chi connectivity index (χ1v) is 6.77. The topological polar surface area (TPSA) is 53.6 Å². The van der Waals surface area contributed by atoms with Crippen LogP contribution < -0.4 is 0 Å². The average molecular weight is 294 g/mol. The number of para-hydroxylation sites is 1. The largest absolute Gasteiger partial charge is 0.507 e. The molecule has 0 saturated carbocycles. The number of phenols is 2. The smallest absolute Gasteiger partial charge is 0.165 e. The molecule has 108 valence electrons. The molecule has 0 atom stereocenters. The molecule has 0 saturated heterocycles. The van der Waals surface area contributed by atoms with Crippen LogP contribution in [-0.2, 0) is 0 Å². The van der Waals surface area contributed by atoms with Gasteiger partial charge in [0, 0.05) is 10.8 Å². The summed E-state index contributed by atoms with van der Waals surface area (Å²) in [6, 6.07) is 15.0. The molecule has 0 aliphatic rings. The molecule has 4 heteroatoms. The van der Waals surface area contributed by atoms with Crippen LogP contribution in [0.5, 0.6) is 11.5 Å². The van der Waals surface area contributed by atoms with Gasteiger partial charge in [-0.1, -0.05) is 24.3 Å².